The van der Waals surface area contributed by atoms with E-state index in [9.17, 15) is 14.7 Å². The Morgan fingerprint density at radius 1 is 1.04 bits per heavy atom. The number of likely N-dealkylation sites (tertiary alicyclic amines) is 1. The Kier molecular flexibility index (Phi) is 5.45. The number of carboxylic acid groups (broad SMARTS) is 1. The average Bonchev–Trinajstić information content (AvgIpc) is 3.07. The molecule has 5 nitrogen and oxygen atoms in total. The minimum absolute atomic E-state index is 0.261. The zero-order chi connectivity index (χ0) is 20.4. The zero-order valence-corrected chi connectivity index (χ0v) is 16.6. The first-order valence-corrected chi connectivity index (χ1v) is 9.60. The molecule has 1 saturated heterocycles. The molecule has 2 aromatic carbocycles. The molecule has 0 bridgehead atoms. The van der Waals surface area contributed by atoms with Crippen LogP contribution in [0.2, 0.25) is 0 Å². The molecule has 1 N–H and O–H groups in total. The lowest BCUT2D eigenvalue weighted by molar-refractivity contribution is -0.149. The van der Waals surface area contributed by atoms with Crippen molar-refractivity contribution in [2.75, 3.05) is 6.54 Å². The predicted molar refractivity (Wildman–Crippen MR) is 108 cm³/mol. The van der Waals surface area contributed by atoms with Gasteiger partial charge < -0.3 is 9.84 Å². The highest BCUT2D eigenvalue weighted by Gasteiger charge is 2.51. The van der Waals surface area contributed by atoms with Crippen LogP contribution in [-0.2, 0) is 16.0 Å². The lowest BCUT2D eigenvalue weighted by Crippen LogP contribution is -2.55. The summed E-state index contributed by atoms with van der Waals surface area (Å²) in [6.07, 6.45) is 0.764. The van der Waals surface area contributed by atoms with Crippen molar-refractivity contribution >= 4 is 12.1 Å². The lowest BCUT2D eigenvalue weighted by atomic mass is 9.87. The van der Waals surface area contributed by atoms with Crippen LogP contribution in [0.3, 0.4) is 0 Å². The van der Waals surface area contributed by atoms with E-state index in [1.54, 1.807) is 20.8 Å². The number of aliphatic carboxylic acids is 1. The molecular weight excluding hydrogens is 354 g/mol. The molecule has 5 heteroatoms. The van der Waals surface area contributed by atoms with Gasteiger partial charge in [0.25, 0.3) is 0 Å². The number of hydrogen-bond acceptors (Lipinski definition) is 3. The third-order valence-electron chi connectivity index (χ3n) is 5.06. The molecule has 1 unspecified atom stereocenters. The molecule has 1 heterocycles. The quantitative estimate of drug-likeness (QED) is 0.830. The number of rotatable bonds is 4. The molecule has 3 rings (SSSR count). The van der Waals surface area contributed by atoms with Crippen molar-refractivity contribution in [3.05, 3.63) is 60.2 Å². The van der Waals surface area contributed by atoms with E-state index in [0.717, 1.165) is 16.7 Å². The highest BCUT2D eigenvalue weighted by atomic mass is 16.6. The predicted octanol–water partition coefficient (Wildman–Crippen LogP) is 4.75. The van der Waals surface area contributed by atoms with E-state index in [1.165, 1.54) is 4.90 Å². The maximum atomic E-state index is 12.7. The van der Waals surface area contributed by atoms with Gasteiger partial charge in [-0.15, -0.1) is 0 Å². The van der Waals surface area contributed by atoms with E-state index in [1.807, 2.05) is 54.6 Å². The van der Waals surface area contributed by atoms with Crippen LogP contribution in [0.4, 0.5) is 4.79 Å². The second kappa shape index (κ2) is 7.66. The van der Waals surface area contributed by atoms with Crippen LogP contribution in [0.5, 0.6) is 0 Å². The summed E-state index contributed by atoms with van der Waals surface area (Å²) in [4.78, 5) is 26.3. The standard InChI is InChI=1S/C23H27NO4/c1-22(2,3)28-21(27)24-15-7-14-23(24,20(25)26)16-17-10-12-19(13-11-17)18-8-5-4-6-9-18/h4-6,8-13H,7,14-16H2,1-3H3,(H,25,26). The van der Waals surface area contributed by atoms with Gasteiger partial charge in [0, 0.05) is 13.0 Å². The summed E-state index contributed by atoms with van der Waals surface area (Å²) in [7, 11) is 0. The van der Waals surface area contributed by atoms with Crippen molar-refractivity contribution in [1.82, 2.24) is 4.90 Å². The van der Waals surface area contributed by atoms with Crippen molar-refractivity contribution in [3.8, 4) is 11.1 Å². The molecule has 0 radical (unpaired) electrons. The van der Waals surface area contributed by atoms with Crippen LogP contribution >= 0.6 is 0 Å². The Morgan fingerprint density at radius 3 is 2.21 bits per heavy atom. The molecule has 0 spiro atoms. The molecule has 0 saturated carbocycles. The van der Waals surface area contributed by atoms with Crippen LogP contribution in [0.1, 0.15) is 39.2 Å². The number of hydrogen-bond donors (Lipinski definition) is 1. The molecule has 1 atom stereocenters. The monoisotopic (exact) mass is 381 g/mol. The molecule has 1 aliphatic rings. The van der Waals surface area contributed by atoms with Crippen LogP contribution < -0.4 is 0 Å². The van der Waals surface area contributed by atoms with Crippen molar-refractivity contribution in [2.24, 2.45) is 0 Å². The third kappa shape index (κ3) is 4.19. The Bertz CT molecular complexity index is 839. The summed E-state index contributed by atoms with van der Waals surface area (Å²) >= 11 is 0. The Balaban J connectivity index is 1.84. The van der Waals surface area contributed by atoms with E-state index in [-0.39, 0.29) is 6.42 Å². The highest BCUT2D eigenvalue weighted by molar-refractivity contribution is 5.85. The fourth-order valence-electron chi connectivity index (χ4n) is 3.73. The van der Waals surface area contributed by atoms with Crippen LogP contribution in [0, 0.1) is 0 Å². The Morgan fingerprint density at radius 2 is 1.64 bits per heavy atom. The van der Waals surface area contributed by atoms with E-state index < -0.39 is 23.2 Å². The summed E-state index contributed by atoms with van der Waals surface area (Å²) < 4.78 is 5.47. The molecule has 1 fully saturated rings. The normalized spacial score (nSPS) is 19.5. The molecule has 0 aromatic heterocycles. The van der Waals surface area contributed by atoms with Gasteiger partial charge in [0.1, 0.15) is 11.1 Å². The van der Waals surface area contributed by atoms with Gasteiger partial charge in [0.05, 0.1) is 0 Å². The minimum Gasteiger partial charge on any atom is -0.479 e. The lowest BCUT2D eigenvalue weighted by Gasteiger charge is -2.36. The van der Waals surface area contributed by atoms with Crippen LogP contribution in [0.15, 0.2) is 54.6 Å². The van der Waals surface area contributed by atoms with Gasteiger partial charge in [-0.2, -0.15) is 0 Å². The second-order valence-corrected chi connectivity index (χ2v) is 8.31. The van der Waals surface area contributed by atoms with E-state index in [4.69, 9.17) is 4.74 Å². The first kappa shape index (κ1) is 19.9. The van der Waals surface area contributed by atoms with Crippen LogP contribution in [0.25, 0.3) is 11.1 Å². The molecule has 148 valence electrons. The van der Waals surface area contributed by atoms with Crippen molar-refractivity contribution < 1.29 is 19.4 Å². The highest BCUT2D eigenvalue weighted by Crippen LogP contribution is 2.35. The van der Waals surface area contributed by atoms with Crippen molar-refractivity contribution in [2.45, 2.75) is 51.2 Å². The smallest absolute Gasteiger partial charge is 0.411 e. The minimum atomic E-state index is -1.27. The van der Waals surface area contributed by atoms with Gasteiger partial charge in [0.2, 0.25) is 0 Å². The van der Waals surface area contributed by atoms with Crippen LogP contribution in [-0.4, -0.2) is 39.8 Å². The number of amides is 1. The number of carbonyl (C=O) groups excluding carboxylic acids is 1. The van der Waals surface area contributed by atoms with Gasteiger partial charge in [-0.1, -0.05) is 54.6 Å². The van der Waals surface area contributed by atoms with E-state index in [2.05, 4.69) is 0 Å². The first-order valence-electron chi connectivity index (χ1n) is 9.60. The largest absolute Gasteiger partial charge is 0.479 e. The van der Waals surface area contributed by atoms with Gasteiger partial charge in [-0.05, 0) is 50.3 Å². The van der Waals surface area contributed by atoms with Crippen molar-refractivity contribution in [1.29, 1.82) is 0 Å². The number of carboxylic acids is 1. The van der Waals surface area contributed by atoms with Gasteiger partial charge in [-0.3, -0.25) is 4.90 Å². The Labute approximate surface area is 165 Å². The van der Waals surface area contributed by atoms with Gasteiger partial charge in [0.15, 0.2) is 0 Å². The fourth-order valence-corrected chi connectivity index (χ4v) is 3.73. The number of nitrogens with zero attached hydrogens (tertiary/aromatic N) is 1. The maximum absolute atomic E-state index is 12.7. The molecule has 2 aromatic rings. The van der Waals surface area contributed by atoms with Gasteiger partial charge >= 0.3 is 12.1 Å². The molecular formula is C23H27NO4. The average molecular weight is 381 g/mol. The second-order valence-electron chi connectivity index (χ2n) is 8.31. The summed E-state index contributed by atoms with van der Waals surface area (Å²) in [6, 6.07) is 17.9. The summed E-state index contributed by atoms with van der Waals surface area (Å²) in [6.45, 7) is 5.74. The molecule has 1 aliphatic heterocycles. The number of benzene rings is 2. The summed E-state index contributed by atoms with van der Waals surface area (Å²) in [5, 5.41) is 10.0. The third-order valence-corrected chi connectivity index (χ3v) is 5.06. The molecule has 28 heavy (non-hydrogen) atoms. The topological polar surface area (TPSA) is 66.8 Å². The summed E-state index contributed by atoms with van der Waals surface area (Å²) in [5.41, 5.74) is 1.14. The summed E-state index contributed by atoms with van der Waals surface area (Å²) in [5.74, 6) is -0.983. The van der Waals surface area contributed by atoms with Crippen molar-refractivity contribution in [3.63, 3.8) is 0 Å². The SMILES string of the molecule is CC(C)(C)OC(=O)N1CCCC1(Cc1ccc(-c2ccccc2)cc1)C(=O)O. The van der Waals surface area contributed by atoms with E-state index >= 15 is 0 Å². The fraction of sp³-hybridized carbons (Fsp3) is 0.391. The number of carbonyl (C=O) groups is 2. The first-order chi connectivity index (χ1) is 13.2. The maximum Gasteiger partial charge on any atom is 0.411 e. The molecule has 0 aliphatic carbocycles. The number of ether oxygens (including phenoxy) is 1. The van der Waals surface area contributed by atoms with E-state index in [0.29, 0.717) is 19.4 Å². The van der Waals surface area contributed by atoms with Gasteiger partial charge in [-0.25, -0.2) is 9.59 Å². The zero-order valence-electron chi connectivity index (χ0n) is 16.6. The molecule has 1 amide bonds. The Hall–Kier alpha value is -2.82.